The Labute approximate surface area is 152 Å². The van der Waals surface area contributed by atoms with Crippen molar-refractivity contribution >= 4 is 27.3 Å². The monoisotopic (exact) mass is 373 g/mol. The van der Waals surface area contributed by atoms with Crippen LogP contribution in [0.1, 0.15) is 12.0 Å². The number of hydrogen-bond acceptors (Lipinski definition) is 5. The number of ether oxygens (including phenoxy) is 1. The van der Waals surface area contributed by atoms with Crippen molar-refractivity contribution in [1.82, 2.24) is 0 Å². The van der Waals surface area contributed by atoms with Gasteiger partial charge in [0.05, 0.1) is 24.6 Å². The zero-order chi connectivity index (χ0) is 19.2. The molecule has 1 N–H and O–H groups in total. The average Bonchev–Trinajstić information content (AvgIpc) is 2.61. The lowest BCUT2D eigenvalue weighted by atomic mass is 10.2. The molecule has 136 valence electrons. The topological polar surface area (TPSA) is 99.5 Å². The van der Waals surface area contributed by atoms with Crippen molar-refractivity contribution in [3.05, 3.63) is 54.1 Å². The minimum Gasteiger partial charge on any atom is -0.497 e. The molecule has 0 saturated carbocycles. The molecule has 2 aromatic rings. The number of nitrogens with zero attached hydrogens (tertiary/aromatic N) is 2. The van der Waals surface area contributed by atoms with Crippen LogP contribution >= 0.6 is 0 Å². The number of carbonyl (C=O) groups excluding carboxylic acids is 1. The van der Waals surface area contributed by atoms with Gasteiger partial charge in [-0.15, -0.1) is 0 Å². The SMILES string of the molecule is COc1ccc(NC(=O)CCN(c2ccccc2C#N)S(C)(=O)=O)cc1. The summed E-state index contributed by atoms with van der Waals surface area (Å²) in [6.07, 6.45) is 0.987. The number of carbonyl (C=O) groups is 1. The molecular weight excluding hydrogens is 354 g/mol. The van der Waals surface area contributed by atoms with Crippen molar-refractivity contribution in [2.24, 2.45) is 0 Å². The van der Waals surface area contributed by atoms with Crippen LogP contribution in [0, 0.1) is 11.3 Å². The molecule has 0 spiro atoms. The Kier molecular flexibility index (Phi) is 6.20. The second-order valence-corrected chi connectivity index (χ2v) is 7.40. The summed E-state index contributed by atoms with van der Waals surface area (Å²) in [5.74, 6) is 0.331. The number of anilines is 2. The van der Waals surface area contributed by atoms with Crippen molar-refractivity contribution < 1.29 is 17.9 Å². The number of sulfonamides is 1. The van der Waals surface area contributed by atoms with Gasteiger partial charge in [-0.3, -0.25) is 9.10 Å². The van der Waals surface area contributed by atoms with Crippen LogP contribution in [-0.4, -0.2) is 34.2 Å². The number of amides is 1. The van der Waals surface area contributed by atoms with Crippen LogP contribution in [0.4, 0.5) is 11.4 Å². The smallest absolute Gasteiger partial charge is 0.232 e. The Morgan fingerprint density at radius 2 is 1.85 bits per heavy atom. The quantitative estimate of drug-likeness (QED) is 0.803. The highest BCUT2D eigenvalue weighted by atomic mass is 32.2. The van der Waals surface area contributed by atoms with Crippen molar-refractivity contribution in [1.29, 1.82) is 5.26 Å². The van der Waals surface area contributed by atoms with Gasteiger partial charge in [-0.1, -0.05) is 12.1 Å². The lowest BCUT2D eigenvalue weighted by Gasteiger charge is -2.23. The largest absolute Gasteiger partial charge is 0.497 e. The molecule has 2 aromatic carbocycles. The molecule has 0 unspecified atom stereocenters. The van der Waals surface area contributed by atoms with Crippen LogP contribution < -0.4 is 14.4 Å². The summed E-state index contributed by atoms with van der Waals surface area (Å²) >= 11 is 0. The minimum absolute atomic E-state index is 0.0567. The molecule has 0 aliphatic heterocycles. The predicted octanol–water partition coefficient (Wildman–Crippen LogP) is 2.36. The molecule has 0 radical (unpaired) electrons. The first kappa shape index (κ1) is 19.3. The fourth-order valence-corrected chi connectivity index (χ4v) is 3.29. The Balaban J connectivity index is 2.10. The standard InChI is InChI=1S/C18H19N3O4S/c1-25-16-9-7-15(8-10-16)20-18(22)11-12-21(26(2,23)24)17-6-4-3-5-14(17)13-19/h3-10H,11-12H2,1-2H3,(H,20,22). The summed E-state index contributed by atoms with van der Waals surface area (Å²) in [6, 6.07) is 15.1. The molecule has 1 amide bonds. The van der Waals surface area contributed by atoms with Gasteiger partial charge >= 0.3 is 0 Å². The number of methoxy groups -OCH3 is 1. The van der Waals surface area contributed by atoms with Crippen LogP contribution in [-0.2, 0) is 14.8 Å². The fourth-order valence-electron chi connectivity index (χ4n) is 2.35. The molecule has 8 heteroatoms. The van der Waals surface area contributed by atoms with Gasteiger partial charge < -0.3 is 10.1 Å². The van der Waals surface area contributed by atoms with E-state index in [1.54, 1.807) is 49.6 Å². The summed E-state index contributed by atoms with van der Waals surface area (Å²) in [6.45, 7) is -0.0699. The highest BCUT2D eigenvalue weighted by Crippen LogP contribution is 2.22. The molecule has 0 aliphatic carbocycles. The van der Waals surface area contributed by atoms with Crippen LogP contribution in [0.25, 0.3) is 0 Å². The zero-order valence-corrected chi connectivity index (χ0v) is 15.3. The second-order valence-electron chi connectivity index (χ2n) is 5.49. The molecule has 0 saturated heterocycles. The van der Waals surface area contributed by atoms with E-state index in [-0.39, 0.29) is 30.1 Å². The fraction of sp³-hybridized carbons (Fsp3) is 0.222. The second kappa shape index (κ2) is 8.36. The maximum Gasteiger partial charge on any atom is 0.232 e. The van der Waals surface area contributed by atoms with Crippen LogP contribution in [0.5, 0.6) is 5.75 Å². The minimum atomic E-state index is -3.64. The lowest BCUT2D eigenvalue weighted by molar-refractivity contribution is -0.116. The zero-order valence-electron chi connectivity index (χ0n) is 14.5. The van der Waals surface area contributed by atoms with Gasteiger partial charge in [0, 0.05) is 18.7 Å². The number of para-hydroxylation sites is 1. The summed E-state index contributed by atoms with van der Waals surface area (Å²) < 4.78 is 30.3. The van der Waals surface area contributed by atoms with Gasteiger partial charge in [-0.2, -0.15) is 5.26 Å². The molecule has 26 heavy (non-hydrogen) atoms. The first-order valence-electron chi connectivity index (χ1n) is 7.76. The maximum atomic E-state index is 12.2. The molecule has 0 fully saturated rings. The Bertz CT molecular complexity index is 918. The highest BCUT2D eigenvalue weighted by molar-refractivity contribution is 7.92. The lowest BCUT2D eigenvalue weighted by Crippen LogP contribution is -2.33. The van der Waals surface area contributed by atoms with Crippen molar-refractivity contribution in [3.8, 4) is 11.8 Å². The van der Waals surface area contributed by atoms with Gasteiger partial charge in [0.25, 0.3) is 0 Å². The molecule has 0 aromatic heterocycles. The van der Waals surface area contributed by atoms with E-state index in [0.717, 1.165) is 10.6 Å². The van der Waals surface area contributed by atoms with E-state index >= 15 is 0 Å². The molecular formula is C18H19N3O4S. The Morgan fingerprint density at radius 3 is 2.42 bits per heavy atom. The van der Waals surface area contributed by atoms with Crippen LogP contribution in [0.15, 0.2) is 48.5 Å². The van der Waals surface area contributed by atoms with E-state index in [4.69, 9.17) is 4.74 Å². The highest BCUT2D eigenvalue weighted by Gasteiger charge is 2.21. The number of hydrogen-bond donors (Lipinski definition) is 1. The van der Waals surface area contributed by atoms with E-state index in [2.05, 4.69) is 5.32 Å². The van der Waals surface area contributed by atoms with Crippen molar-refractivity contribution in [2.45, 2.75) is 6.42 Å². The predicted molar refractivity (Wildman–Crippen MR) is 99.6 cm³/mol. The number of benzene rings is 2. The third-order valence-corrected chi connectivity index (χ3v) is 4.79. The summed E-state index contributed by atoms with van der Waals surface area (Å²) in [7, 11) is -2.09. The molecule has 0 heterocycles. The van der Waals surface area contributed by atoms with Gasteiger partial charge in [0.1, 0.15) is 11.8 Å². The number of nitriles is 1. The number of rotatable bonds is 7. The molecule has 0 atom stereocenters. The third kappa shape index (κ3) is 4.97. The Hall–Kier alpha value is -3.05. The summed E-state index contributed by atoms with van der Waals surface area (Å²) in [4.78, 5) is 12.2. The maximum absolute atomic E-state index is 12.2. The van der Waals surface area contributed by atoms with Gasteiger partial charge in [0.15, 0.2) is 0 Å². The van der Waals surface area contributed by atoms with E-state index in [9.17, 15) is 18.5 Å². The third-order valence-electron chi connectivity index (χ3n) is 3.61. The van der Waals surface area contributed by atoms with Crippen LogP contribution in [0.2, 0.25) is 0 Å². The Morgan fingerprint density at radius 1 is 1.19 bits per heavy atom. The van der Waals surface area contributed by atoms with E-state index in [1.807, 2.05) is 6.07 Å². The van der Waals surface area contributed by atoms with Gasteiger partial charge in [-0.05, 0) is 36.4 Å². The summed E-state index contributed by atoms with van der Waals surface area (Å²) in [5, 5.41) is 11.9. The summed E-state index contributed by atoms with van der Waals surface area (Å²) in [5.41, 5.74) is 1.07. The molecule has 7 nitrogen and oxygen atoms in total. The first-order chi connectivity index (χ1) is 12.3. The van der Waals surface area contributed by atoms with E-state index in [1.165, 1.54) is 6.07 Å². The normalized spacial score (nSPS) is 10.7. The molecule has 2 rings (SSSR count). The number of nitrogens with one attached hydrogen (secondary N) is 1. The molecule has 0 bridgehead atoms. The van der Waals surface area contributed by atoms with E-state index in [0.29, 0.717) is 11.4 Å². The first-order valence-corrected chi connectivity index (χ1v) is 9.60. The van der Waals surface area contributed by atoms with Gasteiger partial charge in [-0.25, -0.2) is 8.42 Å². The van der Waals surface area contributed by atoms with Crippen LogP contribution in [0.3, 0.4) is 0 Å². The van der Waals surface area contributed by atoms with E-state index < -0.39 is 10.0 Å². The van der Waals surface area contributed by atoms with Gasteiger partial charge in [0.2, 0.25) is 15.9 Å². The average molecular weight is 373 g/mol. The van der Waals surface area contributed by atoms with Crippen molar-refractivity contribution in [2.75, 3.05) is 29.5 Å². The van der Waals surface area contributed by atoms with Crippen molar-refractivity contribution in [3.63, 3.8) is 0 Å². The molecule has 0 aliphatic rings.